The molecular formula is C18H26Cl2N6O5. The molecule has 2 rings (SSSR count). The third kappa shape index (κ3) is 11.2. The normalized spacial score (nSPS) is 11.5. The summed E-state index contributed by atoms with van der Waals surface area (Å²) in [5.41, 5.74) is 23.2. The number of carbonyl (C=O) groups is 1. The van der Waals surface area contributed by atoms with Gasteiger partial charge >= 0.3 is 0 Å². The highest BCUT2D eigenvalue weighted by Gasteiger charge is 2.11. The van der Waals surface area contributed by atoms with Crippen LogP contribution in [0, 0.1) is 20.2 Å². The molecule has 2 aromatic carbocycles. The van der Waals surface area contributed by atoms with Crippen molar-refractivity contribution in [2.75, 3.05) is 6.54 Å². The smallest absolute Gasteiger partial charge is 0.269 e. The van der Waals surface area contributed by atoms with Crippen LogP contribution in [0.5, 0.6) is 0 Å². The Morgan fingerprint density at radius 1 is 0.806 bits per heavy atom. The van der Waals surface area contributed by atoms with Crippen LogP contribution in [0.15, 0.2) is 48.5 Å². The molecule has 172 valence electrons. The summed E-state index contributed by atoms with van der Waals surface area (Å²) in [7, 11) is 0. The highest BCUT2D eigenvalue weighted by Crippen LogP contribution is 2.13. The summed E-state index contributed by atoms with van der Waals surface area (Å²) in [6.07, 6.45) is 0.932. The van der Waals surface area contributed by atoms with Gasteiger partial charge in [0.1, 0.15) is 0 Å². The van der Waals surface area contributed by atoms with Crippen LogP contribution in [0.1, 0.15) is 11.1 Å². The van der Waals surface area contributed by atoms with Crippen molar-refractivity contribution in [2.24, 2.45) is 22.9 Å². The lowest BCUT2D eigenvalue weighted by Gasteiger charge is -2.07. The number of nitro groups is 2. The molecule has 31 heavy (non-hydrogen) atoms. The molecule has 0 aromatic heterocycles. The van der Waals surface area contributed by atoms with E-state index < -0.39 is 21.8 Å². The van der Waals surface area contributed by atoms with Gasteiger partial charge in [-0.2, -0.15) is 0 Å². The lowest BCUT2D eigenvalue weighted by Crippen LogP contribution is -2.38. The summed E-state index contributed by atoms with van der Waals surface area (Å²) >= 11 is 0. The van der Waals surface area contributed by atoms with E-state index in [2.05, 4.69) is 0 Å². The van der Waals surface area contributed by atoms with Crippen molar-refractivity contribution < 1.29 is 14.6 Å². The molecule has 8 N–H and O–H groups in total. The molecule has 13 heteroatoms. The quantitative estimate of drug-likeness (QED) is 0.320. The number of hydrogen-bond acceptors (Lipinski definition) is 8. The Morgan fingerprint density at radius 3 is 1.45 bits per heavy atom. The lowest BCUT2D eigenvalue weighted by molar-refractivity contribution is -0.385. The fourth-order valence-electron chi connectivity index (χ4n) is 2.25. The highest BCUT2D eigenvalue weighted by molar-refractivity contribution is 5.85. The van der Waals surface area contributed by atoms with Crippen LogP contribution >= 0.6 is 24.8 Å². The number of carbonyl (C=O) groups excluding carboxylic acids is 1. The number of halogens is 2. The Bertz CT molecular complexity index is 836. The largest absolute Gasteiger partial charge is 0.368 e. The van der Waals surface area contributed by atoms with Gasteiger partial charge in [-0.3, -0.25) is 25.0 Å². The van der Waals surface area contributed by atoms with Crippen LogP contribution in [-0.4, -0.2) is 34.4 Å². The van der Waals surface area contributed by atoms with E-state index in [-0.39, 0.29) is 48.7 Å². The van der Waals surface area contributed by atoms with Crippen LogP contribution in [0.2, 0.25) is 0 Å². The number of primary amides is 1. The second-order valence-electron chi connectivity index (χ2n) is 6.26. The number of hydrogen-bond donors (Lipinski definition) is 4. The zero-order chi connectivity index (χ0) is 22.0. The van der Waals surface area contributed by atoms with Crippen molar-refractivity contribution in [3.63, 3.8) is 0 Å². The van der Waals surface area contributed by atoms with Gasteiger partial charge in [-0.1, -0.05) is 24.3 Å². The molecule has 2 atom stereocenters. The average molecular weight is 477 g/mol. The van der Waals surface area contributed by atoms with Crippen molar-refractivity contribution in [1.29, 1.82) is 0 Å². The Kier molecular flexibility index (Phi) is 14.7. The van der Waals surface area contributed by atoms with E-state index in [9.17, 15) is 25.0 Å². The maximum Gasteiger partial charge on any atom is 0.269 e. The van der Waals surface area contributed by atoms with Crippen LogP contribution in [-0.2, 0) is 17.6 Å². The van der Waals surface area contributed by atoms with E-state index in [1.807, 2.05) is 0 Å². The highest BCUT2D eigenvalue weighted by atomic mass is 35.5. The molecule has 0 spiro atoms. The second-order valence-corrected chi connectivity index (χ2v) is 6.26. The van der Waals surface area contributed by atoms with Gasteiger partial charge in [0.15, 0.2) is 0 Å². The van der Waals surface area contributed by atoms with Gasteiger partial charge in [0.05, 0.1) is 15.9 Å². The third-order valence-corrected chi connectivity index (χ3v) is 3.92. The summed E-state index contributed by atoms with van der Waals surface area (Å²) < 4.78 is 0. The number of nitro benzene ring substituents is 2. The Hall–Kier alpha value is -2.83. The van der Waals surface area contributed by atoms with E-state index in [1.165, 1.54) is 24.3 Å². The van der Waals surface area contributed by atoms with Crippen molar-refractivity contribution in [2.45, 2.75) is 24.9 Å². The number of nitrogens with zero attached hydrogens (tertiary/aromatic N) is 2. The minimum absolute atomic E-state index is 0. The lowest BCUT2D eigenvalue weighted by atomic mass is 10.1. The number of non-ortho nitro benzene ring substituents is 2. The predicted molar refractivity (Wildman–Crippen MR) is 122 cm³/mol. The zero-order valence-electron chi connectivity index (χ0n) is 16.5. The molecule has 0 aliphatic carbocycles. The van der Waals surface area contributed by atoms with Crippen LogP contribution < -0.4 is 22.9 Å². The van der Waals surface area contributed by atoms with Crippen LogP contribution in [0.25, 0.3) is 0 Å². The van der Waals surface area contributed by atoms with E-state index in [1.54, 1.807) is 24.3 Å². The summed E-state index contributed by atoms with van der Waals surface area (Å²) in [6.45, 7) is 0.414. The van der Waals surface area contributed by atoms with Gasteiger partial charge in [-0.15, -0.1) is 24.8 Å². The molecule has 0 radical (unpaired) electrons. The average Bonchev–Trinajstić information content (AvgIpc) is 2.69. The molecule has 1 amide bonds. The van der Waals surface area contributed by atoms with Crippen molar-refractivity contribution in [3.05, 3.63) is 79.9 Å². The molecule has 1 unspecified atom stereocenters. The van der Waals surface area contributed by atoms with E-state index in [0.717, 1.165) is 11.1 Å². The summed E-state index contributed by atoms with van der Waals surface area (Å²) in [5.74, 6) is -0.589. The summed E-state index contributed by atoms with van der Waals surface area (Å²) in [6, 6.07) is 11.3. The molecule has 2 aromatic rings. The first kappa shape index (κ1) is 30.4. The molecule has 0 aliphatic heterocycles. The topological polar surface area (TPSA) is 207 Å². The first-order chi connectivity index (χ1) is 13.6. The monoisotopic (exact) mass is 476 g/mol. The van der Waals surface area contributed by atoms with Gasteiger partial charge < -0.3 is 22.9 Å². The molecule has 0 saturated carbocycles. The molecule has 11 nitrogen and oxygen atoms in total. The fraction of sp³-hybridized carbons (Fsp3) is 0.278. The molecule has 0 saturated heterocycles. The van der Waals surface area contributed by atoms with Gasteiger partial charge in [0, 0.05) is 36.9 Å². The Morgan fingerprint density at radius 2 is 1.16 bits per heavy atom. The van der Waals surface area contributed by atoms with Crippen LogP contribution in [0.3, 0.4) is 0 Å². The Balaban J connectivity index is 0. The molecule has 0 bridgehead atoms. The number of benzene rings is 2. The van der Waals surface area contributed by atoms with Crippen LogP contribution in [0.4, 0.5) is 11.4 Å². The molecule has 0 fully saturated rings. The van der Waals surface area contributed by atoms with Gasteiger partial charge in [-0.05, 0) is 24.0 Å². The van der Waals surface area contributed by atoms with E-state index in [4.69, 9.17) is 22.9 Å². The van der Waals surface area contributed by atoms with Gasteiger partial charge in [0.2, 0.25) is 5.91 Å². The SMILES string of the molecule is Cl.Cl.NC(=O)[C@@H](N)Cc1ccc([N+](=O)[O-])cc1.NCC(N)Cc1ccc([N+](=O)[O-])cc1. The third-order valence-electron chi connectivity index (χ3n) is 3.92. The first-order valence-electron chi connectivity index (χ1n) is 8.61. The number of nitrogens with two attached hydrogens (primary N) is 4. The maximum atomic E-state index is 10.7. The van der Waals surface area contributed by atoms with Gasteiger partial charge in [0.25, 0.3) is 11.4 Å². The van der Waals surface area contributed by atoms with Crippen molar-refractivity contribution in [3.8, 4) is 0 Å². The van der Waals surface area contributed by atoms with E-state index >= 15 is 0 Å². The minimum atomic E-state index is -0.758. The summed E-state index contributed by atoms with van der Waals surface area (Å²) in [5, 5.41) is 20.7. The molecule has 0 heterocycles. The summed E-state index contributed by atoms with van der Waals surface area (Å²) in [4.78, 5) is 30.5. The standard InChI is InChI=1S/C9H11N3O3.C9H13N3O2.2ClH/c10-8(9(11)13)5-6-1-3-7(4-2-6)12(14)15;10-6-8(11)5-7-1-3-9(4-2-7)12(13)14;;/h1-4,8H,5,10H2,(H2,11,13);1-4,8H,5-6,10-11H2;2*1H/t8-;;;/m0.../s1. The first-order valence-corrected chi connectivity index (χ1v) is 8.61. The number of rotatable bonds is 8. The Labute approximate surface area is 191 Å². The van der Waals surface area contributed by atoms with Gasteiger partial charge in [-0.25, -0.2) is 0 Å². The second kappa shape index (κ2) is 15.0. The minimum Gasteiger partial charge on any atom is -0.368 e. The molecular weight excluding hydrogens is 451 g/mol. The maximum absolute atomic E-state index is 10.7. The van der Waals surface area contributed by atoms with Crippen molar-refractivity contribution >= 4 is 42.1 Å². The number of amides is 1. The van der Waals surface area contributed by atoms with E-state index in [0.29, 0.717) is 13.0 Å². The fourth-order valence-corrected chi connectivity index (χ4v) is 2.25. The van der Waals surface area contributed by atoms with Crippen molar-refractivity contribution in [1.82, 2.24) is 0 Å². The molecule has 0 aliphatic rings. The predicted octanol–water partition coefficient (Wildman–Crippen LogP) is 1.22. The zero-order valence-corrected chi connectivity index (χ0v) is 18.1.